The van der Waals surface area contributed by atoms with Crippen molar-refractivity contribution in [1.29, 1.82) is 0 Å². The number of rotatable bonds is 5. The zero-order valence-corrected chi connectivity index (χ0v) is 13.5. The molecule has 0 aliphatic heterocycles. The lowest BCUT2D eigenvalue weighted by Gasteiger charge is -2.36. The van der Waals surface area contributed by atoms with E-state index < -0.39 is 0 Å². The Balaban J connectivity index is 2.38. The van der Waals surface area contributed by atoms with E-state index in [1.165, 1.54) is 5.56 Å². The first-order valence-corrected chi connectivity index (χ1v) is 8.12. The molecule has 5 nitrogen and oxygen atoms in total. The van der Waals surface area contributed by atoms with Crippen LogP contribution in [-0.4, -0.2) is 34.5 Å². The molecule has 0 radical (unpaired) electrons. The van der Waals surface area contributed by atoms with Crippen molar-refractivity contribution in [2.45, 2.75) is 71.1 Å². The molecule has 2 unspecified atom stereocenters. The SMILES string of the molecule is CCc1nnc(N(C)C2CCCCC2O)c(CN)c1CC. The van der Waals surface area contributed by atoms with Gasteiger partial charge in [-0.3, -0.25) is 0 Å². The molecule has 1 saturated carbocycles. The molecule has 1 fully saturated rings. The first-order valence-electron chi connectivity index (χ1n) is 8.12. The number of nitrogens with two attached hydrogens (primary N) is 1. The van der Waals surface area contributed by atoms with E-state index in [1.807, 2.05) is 7.05 Å². The van der Waals surface area contributed by atoms with Crippen LogP contribution in [-0.2, 0) is 19.4 Å². The lowest BCUT2D eigenvalue weighted by atomic mass is 9.91. The van der Waals surface area contributed by atoms with E-state index in [9.17, 15) is 5.11 Å². The number of hydrogen-bond acceptors (Lipinski definition) is 5. The van der Waals surface area contributed by atoms with E-state index in [0.29, 0.717) is 6.54 Å². The fraction of sp³-hybridized carbons (Fsp3) is 0.750. The third-order valence-electron chi connectivity index (χ3n) is 4.67. The maximum atomic E-state index is 10.3. The van der Waals surface area contributed by atoms with E-state index >= 15 is 0 Å². The lowest BCUT2D eigenvalue weighted by molar-refractivity contribution is 0.106. The molecule has 0 aromatic carbocycles. The van der Waals surface area contributed by atoms with Crippen molar-refractivity contribution in [3.05, 3.63) is 16.8 Å². The summed E-state index contributed by atoms with van der Waals surface area (Å²) < 4.78 is 0. The number of hydrogen-bond donors (Lipinski definition) is 2. The predicted octanol–water partition coefficient (Wildman–Crippen LogP) is 1.80. The van der Waals surface area contributed by atoms with Gasteiger partial charge in [0.1, 0.15) is 0 Å². The van der Waals surface area contributed by atoms with Crippen LogP contribution in [0.25, 0.3) is 0 Å². The quantitative estimate of drug-likeness (QED) is 0.865. The minimum atomic E-state index is -0.285. The van der Waals surface area contributed by atoms with Crippen molar-refractivity contribution in [2.24, 2.45) is 5.73 Å². The van der Waals surface area contributed by atoms with Gasteiger partial charge >= 0.3 is 0 Å². The Hall–Kier alpha value is -1.20. The molecule has 1 aromatic heterocycles. The highest BCUT2D eigenvalue weighted by Crippen LogP contribution is 2.29. The number of aliphatic hydroxyl groups excluding tert-OH is 1. The van der Waals surface area contributed by atoms with Crippen LogP contribution in [0.4, 0.5) is 5.82 Å². The molecule has 1 heterocycles. The Morgan fingerprint density at radius 3 is 2.43 bits per heavy atom. The lowest BCUT2D eigenvalue weighted by Crippen LogP contribution is -2.44. The van der Waals surface area contributed by atoms with Gasteiger partial charge in [0.15, 0.2) is 5.82 Å². The van der Waals surface area contributed by atoms with E-state index in [-0.39, 0.29) is 12.1 Å². The minimum Gasteiger partial charge on any atom is -0.391 e. The molecule has 2 rings (SSSR count). The van der Waals surface area contributed by atoms with Gasteiger partial charge in [-0.05, 0) is 31.2 Å². The highest BCUT2D eigenvalue weighted by Gasteiger charge is 2.29. The standard InChI is InChI=1S/C16H28N4O/c1-4-11-12(10-17)16(19-18-13(11)5-2)20(3)14-8-6-7-9-15(14)21/h14-15,21H,4-10,17H2,1-3H3. The summed E-state index contributed by atoms with van der Waals surface area (Å²) in [7, 11) is 2.01. The van der Waals surface area contributed by atoms with Gasteiger partial charge < -0.3 is 15.7 Å². The van der Waals surface area contributed by atoms with Crippen molar-refractivity contribution >= 4 is 5.82 Å². The molecule has 118 valence electrons. The Kier molecular flexibility index (Phi) is 5.53. The summed E-state index contributed by atoms with van der Waals surface area (Å²) in [5.74, 6) is 0.845. The van der Waals surface area contributed by atoms with Crippen LogP contribution < -0.4 is 10.6 Å². The molecule has 21 heavy (non-hydrogen) atoms. The van der Waals surface area contributed by atoms with E-state index in [4.69, 9.17) is 5.73 Å². The number of aliphatic hydroxyl groups is 1. The van der Waals surface area contributed by atoms with E-state index in [0.717, 1.165) is 55.6 Å². The van der Waals surface area contributed by atoms with Gasteiger partial charge in [-0.25, -0.2) is 0 Å². The largest absolute Gasteiger partial charge is 0.391 e. The highest BCUT2D eigenvalue weighted by molar-refractivity contribution is 5.51. The average Bonchev–Trinajstić information content (AvgIpc) is 2.52. The van der Waals surface area contributed by atoms with Crippen molar-refractivity contribution in [2.75, 3.05) is 11.9 Å². The molecule has 1 aliphatic rings. The molecule has 3 N–H and O–H groups in total. The van der Waals surface area contributed by atoms with Crippen LogP contribution >= 0.6 is 0 Å². The van der Waals surface area contributed by atoms with E-state index in [2.05, 4.69) is 28.9 Å². The molecular formula is C16H28N4O. The Morgan fingerprint density at radius 1 is 1.14 bits per heavy atom. The monoisotopic (exact) mass is 292 g/mol. The topological polar surface area (TPSA) is 75.3 Å². The van der Waals surface area contributed by atoms with Crippen molar-refractivity contribution in [3.63, 3.8) is 0 Å². The second kappa shape index (κ2) is 7.18. The predicted molar refractivity (Wildman–Crippen MR) is 85.3 cm³/mol. The van der Waals surface area contributed by atoms with Crippen LogP contribution in [0.1, 0.15) is 56.4 Å². The van der Waals surface area contributed by atoms with Crippen LogP contribution in [0, 0.1) is 0 Å². The van der Waals surface area contributed by atoms with Gasteiger partial charge in [0.25, 0.3) is 0 Å². The first kappa shape index (κ1) is 16.2. The number of likely N-dealkylation sites (N-methyl/N-ethyl adjacent to an activating group) is 1. The molecule has 5 heteroatoms. The normalized spacial score (nSPS) is 22.3. The summed E-state index contributed by atoms with van der Waals surface area (Å²) in [5, 5.41) is 19.1. The third-order valence-corrected chi connectivity index (χ3v) is 4.67. The number of aromatic nitrogens is 2. The molecule has 1 aromatic rings. The minimum absolute atomic E-state index is 0.121. The van der Waals surface area contributed by atoms with Crippen LogP contribution in [0.5, 0.6) is 0 Å². The summed E-state index contributed by atoms with van der Waals surface area (Å²) in [6, 6.07) is 0.121. The van der Waals surface area contributed by atoms with Crippen molar-refractivity contribution in [3.8, 4) is 0 Å². The van der Waals surface area contributed by atoms with Crippen molar-refractivity contribution in [1.82, 2.24) is 10.2 Å². The Bertz CT molecular complexity index is 478. The summed E-state index contributed by atoms with van der Waals surface area (Å²) in [6.45, 7) is 4.69. The van der Waals surface area contributed by atoms with Crippen LogP contribution in [0.2, 0.25) is 0 Å². The molecule has 1 aliphatic carbocycles. The van der Waals surface area contributed by atoms with Gasteiger partial charge in [-0.1, -0.05) is 26.7 Å². The zero-order chi connectivity index (χ0) is 15.4. The van der Waals surface area contributed by atoms with Gasteiger partial charge in [0.05, 0.1) is 17.8 Å². The van der Waals surface area contributed by atoms with Crippen LogP contribution in [0.3, 0.4) is 0 Å². The first-order chi connectivity index (χ1) is 10.1. The van der Waals surface area contributed by atoms with Crippen LogP contribution in [0.15, 0.2) is 0 Å². The summed E-state index contributed by atoms with van der Waals surface area (Å²) >= 11 is 0. The fourth-order valence-corrected chi connectivity index (χ4v) is 3.44. The van der Waals surface area contributed by atoms with Gasteiger partial charge in [0, 0.05) is 19.2 Å². The van der Waals surface area contributed by atoms with Gasteiger partial charge in [-0.15, -0.1) is 5.10 Å². The number of nitrogens with zero attached hydrogens (tertiary/aromatic N) is 3. The maximum Gasteiger partial charge on any atom is 0.156 e. The molecule has 0 saturated heterocycles. The summed E-state index contributed by atoms with van der Waals surface area (Å²) in [5.41, 5.74) is 9.35. The fourth-order valence-electron chi connectivity index (χ4n) is 3.44. The summed E-state index contributed by atoms with van der Waals surface area (Å²) in [6.07, 6.45) is 5.64. The average molecular weight is 292 g/mol. The number of anilines is 1. The molecule has 0 amide bonds. The second-order valence-corrected chi connectivity index (χ2v) is 5.87. The van der Waals surface area contributed by atoms with Crippen molar-refractivity contribution < 1.29 is 5.11 Å². The Labute approximate surface area is 127 Å². The molecule has 0 bridgehead atoms. The summed E-state index contributed by atoms with van der Waals surface area (Å²) in [4.78, 5) is 2.09. The zero-order valence-electron chi connectivity index (χ0n) is 13.5. The molecular weight excluding hydrogens is 264 g/mol. The Morgan fingerprint density at radius 2 is 1.86 bits per heavy atom. The molecule has 0 spiro atoms. The third kappa shape index (κ3) is 3.19. The van der Waals surface area contributed by atoms with Gasteiger partial charge in [0.2, 0.25) is 0 Å². The smallest absolute Gasteiger partial charge is 0.156 e. The second-order valence-electron chi connectivity index (χ2n) is 5.87. The number of aryl methyl sites for hydroxylation is 1. The highest BCUT2D eigenvalue weighted by atomic mass is 16.3. The molecule has 2 atom stereocenters. The maximum absolute atomic E-state index is 10.3. The van der Waals surface area contributed by atoms with E-state index in [1.54, 1.807) is 0 Å². The van der Waals surface area contributed by atoms with Gasteiger partial charge in [-0.2, -0.15) is 5.10 Å².